The summed E-state index contributed by atoms with van der Waals surface area (Å²) in [6.07, 6.45) is 0.0692. The van der Waals surface area contributed by atoms with Crippen LogP contribution < -0.4 is 4.74 Å². The molecule has 1 saturated heterocycles. The number of para-hydroxylation sites is 1. The van der Waals surface area contributed by atoms with Crippen LogP contribution in [0.5, 0.6) is 5.75 Å². The monoisotopic (exact) mass is 340 g/mol. The van der Waals surface area contributed by atoms with Crippen molar-refractivity contribution in [3.05, 3.63) is 66.1 Å². The Bertz CT molecular complexity index is 890. The third kappa shape index (κ3) is 3.14. The van der Waals surface area contributed by atoms with Crippen molar-refractivity contribution in [2.24, 2.45) is 0 Å². The van der Waals surface area contributed by atoms with Gasteiger partial charge in [0.15, 0.2) is 0 Å². The molecule has 0 spiro atoms. The first-order valence-electron chi connectivity index (χ1n) is 8.04. The van der Waals surface area contributed by atoms with Crippen molar-refractivity contribution >= 4 is 0 Å². The average Bonchev–Trinajstić information content (AvgIpc) is 3.03. The SMILES string of the molecule is OCc1cc(-c2cccc(OC3COC3)c2)n(-c2ccccc2F)n1. The first-order chi connectivity index (χ1) is 12.2. The second-order valence-corrected chi connectivity index (χ2v) is 5.85. The molecule has 128 valence electrons. The Morgan fingerprint density at radius 2 is 2.00 bits per heavy atom. The molecule has 2 aromatic carbocycles. The Morgan fingerprint density at radius 1 is 1.16 bits per heavy atom. The number of aliphatic hydroxyl groups excluding tert-OH is 1. The van der Waals surface area contributed by atoms with Gasteiger partial charge < -0.3 is 14.6 Å². The zero-order valence-corrected chi connectivity index (χ0v) is 13.4. The van der Waals surface area contributed by atoms with Gasteiger partial charge in [-0.3, -0.25) is 0 Å². The van der Waals surface area contributed by atoms with Gasteiger partial charge in [0.2, 0.25) is 0 Å². The molecule has 4 rings (SSSR count). The zero-order chi connectivity index (χ0) is 17.2. The van der Waals surface area contributed by atoms with Crippen molar-refractivity contribution in [3.63, 3.8) is 0 Å². The summed E-state index contributed by atoms with van der Waals surface area (Å²) >= 11 is 0. The van der Waals surface area contributed by atoms with E-state index in [1.165, 1.54) is 10.7 Å². The van der Waals surface area contributed by atoms with Crippen LogP contribution in [-0.4, -0.2) is 34.2 Å². The van der Waals surface area contributed by atoms with Crippen LogP contribution in [0.4, 0.5) is 4.39 Å². The van der Waals surface area contributed by atoms with Crippen molar-refractivity contribution in [2.45, 2.75) is 12.7 Å². The van der Waals surface area contributed by atoms with Crippen LogP contribution in [0.15, 0.2) is 54.6 Å². The molecule has 1 aliphatic heterocycles. The molecule has 6 heteroatoms. The summed E-state index contributed by atoms with van der Waals surface area (Å²) in [5.41, 5.74) is 2.31. The van der Waals surface area contributed by atoms with Crippen molar-refractivity contribution in [1.29, 1.82) is 0 Å². The van der Waals surface area contributed by atoms with Crippen LogP contribution in [0.25, 0.3) is 16.9 Å². The number of ether oxygens (including phenoxy) is 2. The minimum Gasteiger partial charge on any atom is -0.486 e. The minimum atomic E-state index is -0.379. The zero-order valence-electron chi connectivity index (χ0n) is 13.4. The molecule has 0 unspecified atom stereocenters. The minimum absolute atomic E-state index is 0.0692. The predicted octanol–water partition coefficient (Wildman–Crippen LogP) is 2.95. The molecule has 0 aliphatic carbocycles. The van der Waals surface area contributed by atoms with Gasteiger partial charge in [0.05, 0.1) is 31.2 Å². The van der Waals surface area contributed by atoms with Crippen LogP contribution in [0.1, 0.15) is 5.69 Å². The highest BCUT2D eigenvalue weighted by Crippen LogP contribution is 2.29. The van der Waals surface area contributed by atoms with E-state index in [9.17, 15) is 9.50 Å². The molecule has 1 fully saturated rings. The van der Waals surface area contributed by atoms with Crippen molar-refractivity contribution < 1.29 is 19.0 Å². The lowest BCUT2D eigenvalue weighted by molar-refractivity contribution is -0.0796. The number of rotatable bonds is 5. The molecule has 1 N–H and O–H groups in total. The standard InChI is InChI=1S/C19H17FN2O3/c20-17-6-1-2-7-18(17)22-19(9-14(10-23)21-22)13-4-3-5-15(8-13)25-16-11-24-12-16/h1-9,16,23H,10-12H2. The van der Waals surface area contributed by atoms with Crippen LogP contribution in [-0.2, 0) is 11.3 Å². The summed E-state index contributed by atoms with van der Waals surface area (Å²) in [6.45, 7) is 0.960. The van der Waals surface area contributed by atoms with Crippen LogP contribution in [0.2, 0.25) is 0 Å². The fraction of sp³-hybridized carbons (Fsp3) is 0.211. The lowest BCUT2D eigenvalue weighted by Gasteiger charge is -2.26. The normalized spacial score (nSPS) is 14.3. The van der Waals surface area contributed by atoms with E-state index >= 15 is 0 Å². The molecule has 0 radical (unpaired) electrons. The highest BCUT2D eigenvalue weighted by molar-refractivity contribution is 5.64. The predicted molar refractivity (Wildman–Crippen MR) is 90.1 cm³/mol. The Labute approximate surface area is 144 Å². The smallest absolute Gasteiger partial charge is 0.148 e. The van der Waals surface area contributed by atoms with Gasteiger partial charge in [-0.05, 0) is 30.3 Å². The van der Waals surface area contributed by atoms with E-state index in [4.69, 9.17) is 9.47 Å². The number of hydrogen-bond donors (Lipinski definition) is 1. The van der Waals surface area contributed by atoms with E-state index in [-0.39, 0.29) is 18.5 Å². The molecule has 0 atom stereocenters. The summed E-state index contributed by atoms with van der Waals surface area (Å²) in [7, 11) is 0. The molecule has 0 amide bonds. The molecule has 3 aromatic rings. The van der Waals surface area contributed by atoms with Gasteiger partial charge in [-0.2, -0.15) is 5.10 Å². The maximum absolute atomic E-state index is 14.2. The molecule has 2 heterocycles. The molecule has 5 nitrogen and oxygen atoms in total. The first-order valence-corrected chi connectivity index (χ1v) is 8.04. The Kier molecular flexibility index (Phi) is 4.21. The highest BCUT2D eigenvalue weighted by atomic mass is 19.1. The maximum Gasteiger partial charge on any atom is 0.148 e. The largest absolute Gasteiger partial charge is 0.486 e. The summed E-state index contributed by atoms with van der Waals surface area (Å²) < 4.78 is 26.7. The molecule has 1 aliphatic rings. The van der Waals surface area contributed by atoms with Gasteiger partial charge in [-0.1, -0.05) is 24.3 Å². The van der Waals surface area contributed by atoms with Gasteiger partial charge in [-0.15, -0.1) is 0 Å². The van der Waals surface area contributed by atoms with Gasteiger partial charge in [0.1, 0.15) is 23.4 Å². The third-order valence-electron chi connectivity index (χ3n) is 4.04. The third-order valence-corrected chi connectivity index (χ3v) is 4.04. The Balaban J connectivity index is 1.76. The van der Waals surface area contributed by atoms with E-state index in [0.29, 0.717) is 30.3 Å². The van der Waals surface area contributed by atoms with Gasteiger partial charge >= 0.3 is 0 Å². The number of aliphatic hydroxyl groups is 1. The lowest BCUT2D eigenvalue weighted by atomic mass is 10.1. The van der Waals surface area contributed by atoms with E-state index in [0.717, 1.165) is 11.3 Å². The average molecular weight is 340 g/mol. The van der Waals surface area contributed by atoms with E-state index in [1.54, 1.807) is 24.3 Å². The Morgan fingerprint density at radius 3 is 2.72 bits per heavy atom. The molecular weight excluding hydrogens is 323 g/mol. The molecule has 25 heavy (non-hydrogen) atoms. The molecular formula is C19H17FN2O3. The first kappa shape index (κ1) is 15.8. The van der Waals surface area contributed by atoms with Gasteiger partial charge in [0.25, 0.3) is 0 Å². The fourth-order valence-electron chi connectivity index (χ4n) is 2.72. The van der Waals surface area contributed by atoms with Crippen LogP contribution in [0, 0.1) is 5.82 Å². The molecule has 1 aromatic heterocycles. The van der Waals surface area contributed by atoms with Crippen molar-refractivity contribution in [3.8, 4) is 22.7 Å². The van der Waals surface area contributed by atoms with Crippen LogP contribution in [0.3, 0.4) is 0 Å². The quantitative estimate of drug-likeness (QED) is 0.776. The molecule has 0 saturated carbocycles. The van der Waals surface area contributed by atoms with Crippen molar-refractivity contribution in [2.75, 3.05) is 13.2 Å². The Hall–Kier alpha value is -2.70. The fourth-order valence-corrected chi connectivity index (χ4v) is 2.72. The number of benzene rings is 2. The van der Waals surface area contributed by atoms with Gasteiger partial charge in [-0.25, -0.2) is 9.07 Å². The maximum atomic E-state index is 14.2. The van der Waals surface area contributed by atoms with Crippen molar-refractivity contribution in [1.82, 2.24) is 9.78 Å². The van der Waals surface area contributed by atoms with E-state index in [2.05, 4.69) is 5.10 Å². The van der Waals surface area contributed by atoms with E-state index in [1.807, 2.05) is 24.3 Å². The summed E-state index contributed by atoms with van der Waals surface area (Å²) in [5.74, 6) is 0.341. The second kappa shape index (κ2) is 6.66. The number of nitrogens with zero attached hydrogens (tertiary/aromatic N) is 2. The molecule has 0 bridgehead atoms. The number of halogens is 1. The summed E-state index contributed by atoms with van der Waals surface area (Å²) in [6, 6.07) is 15.7. The summed E-state index contributed by atoms with van der Waals surface area (Å²) in [4.78, 5) is 0. The highest BCUT2D eigenvalue weighted by Gasteiger charge is 2.20. The van der Waals surface area contributed by atoms with E-state index < -0.39 is 0 Å². The lowest BCUT2D eigenvalue weighted by Crippen LogP contribution is -2.38. The number of aromatic nitrogens is 2. The summed E-state index contributed by atoms with van der Waals surface area (Å²) in [5, 5.41) is 13.8. The second-order valence-electron chi connectivity index (χ2n) is 5.85. The number of hydrogen-bond acceptors (Lipinski definition) is 4. The van der Waals surface area contributed by atoms with Crippen LogP contribution >= 0.6 is 0 Å². The topological polar surface area (TPSA) is 56.5 Å². The van der Waals surface area contributed by atoms with Gasteiger partial charge in [0, 0.05) is 5.56 Å².